The van der Waals surface area contributed by atoms with Crippen LogP contribution >= 0.6 is 0 Å². The van der Waals surface area contributed by atoms with Gasteiger partial charge in [-0.3, -0.25) is 28.0 Å². The topological polar surface area (TPSA) is 110 Å². The van der Waals surface area contributed by atoms with Crippen LogP contribution < -0.4 is 5.32 Å². The van der Waals surface area contributed by atoms with Gasteiger partial charge < -0.3 is 14.6 Å². The van der Waals surface area contributed by atoms with Gasteiger partial charge in [0.2, 0.25) is 5.91 Å². The molecule has 1 aromatic heterocycles. The Hall–Kier alpha value is -3.57. The van der Waals surface area contributed by atoms with E-state index in [0.29, 0.717) is 60.1 Å². The summed E-state index contributed by atoms with van der Waals surface area (Å²) in [5.74, 6) is -1.77. The molecule has 2 aliphatic rings. The highest BCUT2D eigenvalue weighted by molar-refractivity contribution is 6.41. The van der Waals surface area contributed by atoms with Crippen LogP contribution in [0.25, 0.3) is 6.08 Å². The third-order valence-electron chi connectivity index (χ3n) is 5.85. The average Bonchev–Trinajstić information content (AvgIpc) is 3.48. The van der Waals surface area contributed by atoms with E-state index in [4.69, 9.17) is 4.84 Å². The molecule has 36 heavy (non-hydrogen) atoms. The van der Waals surface area contributed by atoms with Crippen molar-refractivity contribution in [2.45, 2.75) is 65.2 Å². The van der Waals surface area contributed by atoms with Crippen molar-refractivity contribution >= 4 is 42.9 Å². The van der Waals surface area contributed by atoms with Gasteiger partial charge >= 0.3 is 13.4 Å². The Labute approximate surface area is 208 Å². The molecule has 0 unspecified atom stereocenters. The third-order valence-corrected chi connectivity index (χ3v) is 5.85. The Morgan fingerprint density at radius 3 is 2.53 bits per heavy atom. The predicted octanol–water partition coefficient (Wildman–Crippen LogP) is 3.29. The van der Waals surface area contributed by atoms with Gasteiger partial charge in [0.1, 0.15) is 0 Å². The number of allylic oxidation sites excluding steroid dienone is 2. The number of nitrogens with zero attached hydrogens (tertiary/aromatic N) is 3. The zero-order valence-electron chi connectivity index (χ0n) is 20.4. The summed E-state index contributed by atoms with van der Waals surface area (Å²) in [7, 11) is -2.64. The normalized spacial score (nSPS) is 16.2. The van der Waals surface area contributed by atoms with E-state index < -0.39 is 25.2 Å². The standard InChI is InChI=1S/C24H29BF2N4O5/c1-16-14-17(2)30(25(26)27)20(16)15-19-8-7-18(29-19)9-10-21(32)28-13-5-3-4-6-24(35)36-31-22(33)11-12-23(31)34/h7-8,14-15H,3-6,9-13H2,1-2H3,(H,28,32)/b19-15-. The van der Waals surface area contributed by atoms with E-state index in [1.54, 1.807) is 38.1 Å². The van der Waals surface area contributed by atoms with E-state index in [1.807, 2.05) is 0 Å². The van der Waals surface area contributed by atoms with Gasteiger partial charge in [0.25, 0.3) is 11.8 Å². The van der Waals surface area contributed by atoms with Gasteiger partial charge in [0.15, 0.2) is 0 Å². The summed E-state index contributed by atoms with van der Waals surface area (Å²) in [5.41, 5.74) is 2.90. The Kier molecular flexibility index (Phi) is 9.32. The maximum absolute atomic E-state index is 13.4. The molecule has 192 valence electrons. The lowest BCUT2D eigenvalue weighted by Gasteiger charge is -2.12. The summed E-state index contributed by atoms with van der Waals surface area (Å²) in [6.07, 6.45) is 7.84. The third kappa shape index (κ3) is 7.22. The summed E-state index contributed by atoms with van der Waals surface area (Å²) >= 11 is 0. The number of hydroxylamine groups is 2. The number of carbonyl (C=O) groups excluding carboxylic acids is 4. The van der Waals surface area contributed by atoms with Gasteiger partial charge in [0, 0.05) is 49.3 Å². The van der Waals surface area contributed by atoms with E-state index in [0.717, 1.165) is 10.0 Å². The Morgan fingerprint density at radius 1 is 1.11 bits per heavy atom. The molecule has 3 heterocycles. The van der Waals surface area contributed by atoms with Crippen LogP contribution in [0.1, 0.15) is 68.3 Å². The summed E-state index contributed by atoms with van der Waals surface area (Å²) in [6, 6.07) is 1.71. The minimum atomic E-state index is -2.64. The molecule has 1 saturated heterocycles. The molecule has 1 fully saturated rings. The molecule has 0 bridgehead atoms. The Balaban J connectivity index is 1.32. The smallest absolute Gasteiger partial charge is 0.356 e. The van der Waals surface area contributed by atoms with Crippen molar-refractivity contribution in [1.29, 1.82) is 0 Å². The van der Waals surface area contributed by atoms with Gasteiger partial charge in [0.05, 0.1) is 5.70 Å². The molecule has 1 aromatic rings. The van der Waals surface area contributed by atoms with Crippen LogP contribution in [0.5, 0.6) is 0 Å². The highest BCUT2D eigenvalue weighted by Crippen LogP contribution is 2.22. The molecule has 0 spiro atoms. The van der Waals surface area contributed by atoms with Crippen molar-refractivity contribution in [3.63, 3.8) is 0 Å². The van der Waals surface area contributed by atoms with Crippen molar-refractivity contribution in [2.24, 2.45) is 4.99 Å². The van der Waals surface area contributed by atoms with Crippen molar-refractivity contribution in [1.82, 2.24) is 14.9 Å². The number of aliphatic imine (C=N–C) groups is 1. The van der Waals surface area contributed by atoms with E-state index in [2.05, 4.69) is 10.3 Å². The second-order valence-corrected chi connectivity index (χ2v) is 8.71. The number of aryl methyl sites for hydroxylation is 2. The molecule has 2 aliphatic heterocycles. The van der Waals surface area contributed by atoms with Gasteiger partial charge in [-0.15, -0.1) is 5.06 Å². The number of rotatable bonds is 12. The van der Waals surface area contributed by atoms with Gasteiger partial charge in [-0.1, -0.05) is 6.42 Å². The monoisotopic (exact) mass is 502 g/mol. The first-order chi connectivity index (χ1) is 17.2. The van der Waals surface area contributed by atoms with Crippen molar-refractivity contribution in [3.8, 4) is 0 Å². The predicted molar refractivity (Wildman–Crippen MR) is 130 cm³/mol. The number of unbranched alkanes of at least 4 members (excludes halogenated alkanes) is 2. The lowest BCUT2D eigenvalue weighted by atomic mass is 10.1. The molecule has 0 aromatic carbocycles. The first-order valence-corrected chi connectivity index (χ1v) is 11.9. The number of aromatic nitrogens is 1. The Bertz CT molecular complexity index is 1110. The quantitative estimate of drug-likeness (QED) is 0.268. The first-order valence-electron chi connectivity index (χ1n) is 11.9. The van der Waals surface area contributed by atoms with Crippen LogP contribution in [0, 0.1) is 13.8 Å². The fourth-order valence-electron chi connectivity index (χ4n) is 4.00. The number of carbonyl (C=O) groups is 4. The second-order valence-electron chi connectivity index (χ2n) is 8.71. The average molecular weight is 502 g/mol. The lowest BCUT2D eigenvalue weighted by molar-refractivity contribution is -0.197. The van der Waals surface area contributed by atoms with E-state index in [9.17, 15) is 27.8 Å². The molecule has 0 radical (unpaired) electrons. The molecule has 3 rings (SSSR count). The van der Waals surface area contributed by atoms with Crippen molar-refractivity contribution < 1.29 is 32.6 Å². The Morgan fingerprint density at radius 2 is 1.83 bits per heavy atom. The van der Waals surface area contributed by atoms with E-state index >= 15 is 0 Å². The number of nitrogens with one attached hydrogen (secondary N) is 1. The van der Waals surface area contributed by atoms with Gasteiger partial charge in [-0.2, -0.15) is 0 Å². The second kappa shape index (κ2) is 12.4. The minimum absolute atomic E-state index is 0.0583. The molecule has 9 nitrogen and oxygen atoms in total. The van der Waals surface area contributed by atoms with Gasteiger partial charge in [-0.05, 0) is 63.0 Å². The maximum atomic E-state index is 13.4. The van der Waals surface area contributed by atoms with Gasteiger partial charge in [-0.25, -0.2) is 4.79 Å². The maximum Gasteiger partial charge on any atom is 0.677 e. The molecule has 0 aliphatic carbocycles. The number of hydrogen-bond donors (Lipinski definition) is 1. The summed E-state index contributed by atoms with van der Waals surface area (Å²) < 4.78 is 27.7. The molecular weight excluding hydrogens is 473 g/mol. The summed E-state index contributed by atoms with van der Waals surface area (Å²) in [5, 5.41) is 3.35. The summed E-state index contributed by atoms with van der Waals surface area (Å²) in [4.78, 5) is 55.9. The molecule has 1 N–H and O–H groups in total. The fourth-order valence-corrected chi connectivity index (χ4v) is 4.00. The lowest BCUT2D eigenvalue weighted by Crippen LogP contribution is -2.31. The van der Waals surface area contributed by atoms with Crippen LogP contribution in [0.3, 0.4) is 0 Å². The summed E-state index contributed by atoms with van der Waals surface area (Å²) in [6.45, 7) is 3.86. The highest BCUT2D eigenvalue weighted by atomic mass is 19.2. The van der Waals surface area contributed by atoms with E-state index in [-0.39, 0.29) is 31.6 Å². The molecule has 12 heteroatoms. The molecule has 3 amide bonds. The number of imide groups is 1. The number of halogens is 2. The van der Waals surface area contributed by atoms with Crippen LogP contribution in [0.15, 0.2) is 28.9 Å². The van der Waals surface area contributed by atoms with Crippen LogP contribution in [-0.2, 0) is 24.0 Å². The van der Waals surface area contributed by atoms with Crippen molar-refractivity contribution in [2.75, 3.05) is 6.54 Å². The minimum Gasteiger partial charge on any atom is -0.356 e. The molecule has 0 saturated carbocycles. The van der Waals surface area contributed by atoms with Crippen LogP contribution in [0.2, 0.25) is 0 Å². The van der Waals surface area contributed by atoms with Crippen LogP contribution in [0.4, 0.5) is 8.63 Å². The fraction of sp³-hybridized carbons (Fsp3) is 0.458. The number of hydrogen-bond acceptors (Lipinski definition) is 6. The zero-order chi connectivity index (χ0) is 26.2. The largest absolute Gasteiger partial charge is 0.677 e. The highest BCUT2D eigenvalue weighted by Gasteiger charge is 2.32. The van der Waals surface area contributed by atoms with E-state index in [1.165, 1.54) is 0 Å². The molecule has 0 atom stereocenters. The van der Waals surface area contributed by atoms with Crippen molar-refractivity contribution in [3.05, 3.63) is 40.9 Å². The zero-order valence-corrected chi connectivity index (χ0v) is 20.4. The first kappa shape index (κ1) is 27.0. The number of amides is 3. The van der Waals surface area contributed by atoms with Crippen LogP contribution in [-0.4, -0.2) is 52.9 Å². The molecular formula is C24H29BF2N4O5. The SMILES string of the molecule is Cc1cc(C)n(B(F)F)c1/C=C1/C=CC(CCC(=O)NCCCCCC(=O)ON2C(=O)CCC2=O)=N1.